The fourth-order valence-corrected chi connectivity index (χ4v) is 1.55. The van der Waals surface area contributed by atoms with E-state index in [9.17, 15) is 4.79 Å². The normalized spacial score (nSPS) is 18.8. The zero-order valence-corrected chi connectivity index (χ0v) is 8.80. The Morgan fingerprint density at radius 2 is 2.19 bits per heavy atom. The molecule has 5 heteroatoms. The van der Waals surface area contributed by atoms with Crippen LogP contribution < -0.4 is 10.2 Å². The molecule has 0 saturated heterocycles. The molecule has 0 saturated carbocycles. The minimum Gasteiger partial charge on any atom is -0.497 e. The highest BCUT2D eigenvalue weighted by molar-refractivity contribution is 6.04. The molecule has 0 amide bonds. The van der Waals surface area contributed by atoms with E-state index >= 15 is 0 Å². The quantitative estimate of drug-likeness (QED) is 0.792. The van der Waals surface area contributed by atoms with Gasteiger partial charge in [0.25, 0.3) is 0 Å². The number of hydrogen-bond donors (Lipinski definition) is 2. The smallest absolute Gasteiger partial charge is 0.328 e. The number of nitrogens with one attached hydrogen (secondary N) is 1. The lowest BCUT2D eigenvalue weighted by Crippen LogP contribution is -2.29. The third-order valence-corrected chi connectivity index (χ3v) is 2.47. The highest BCUT2D eigenvalue weighted by atomic mass is 16.5. The molecule has 0 radical (unpaired) electrons. The summed E-state index contributed by atoms with van der Waals surface area (Å²) in [6.07, 6.45) is 0.404. The van der Waals surface area contributed by atoms with Gasteiger partial charge < -0.3 is 9.84 Å². The van der Waals surface area contributed by atoms with E-state index in [1.165, 1.54) is 0 Å². The molecule has 2 rings (SSSR count). The molecule has 0 unspecified atom stereocenters. The van der Waals surface area contributed by atoms with Gasteiger partial charge in [-0.05, 0) is 29.8 Å². The van der Waals surface area contributed by atoms with Crippen molar-refractivity contribution in [2.45, 2.75) is 12.5 Å². The third kappa shape index (κ3) is 1.98. The molecule has 0 bridgehead atoms. The van der Waals surface area contributed by atoms with Crippen LogP contribution in [-0.4, -0.2) is 29.9 Å². The number of ether oxygens (including phenoxy) is 1. The van der Waals surface area contributed by atoms with Crippen molar-refractivity contribution in [2.24, 2.45) is 5.10 Å². The van der Waals surface area contributed by atoms with Gasteiger partial charge in [-0.25, -0.2) is 4.79 Å². The summed E-state index contributed by atoms with van der Waals surface area (Å²) in [7, 11) is 1.60. The molecule has 1 aliphatic rings. The second-order valence-electron chi connectivity index (χ2n) is 3.51. The Hall–Kier alpha value is -2.04. The van der Waals surface area contributed by atoms with Crippen molar-refractivity contribution in [1.29, 1.82) is 0 Å². The Morgan fingerprint density at radius 1 is 1.50 bits per heavy atom. The summed E-state index contributed by atoms with van der Waals surface area (Å²) in [5.74, 6) is -0.114. The summed E-state index contributed by atoms with van der Waals surface area (Å²) in [6, 6.07) is 6.77. The number of hydrazone groups is 1. The van der Waals surface area contributed by atoms with Crippen molar-refractivity contribution in [1.82, 2.24) is 5.43 Å². The van der Waals surface area contributed by atoms with E-state index in [1.54, 1.807) is 7.11 Å². The van der Waals surface area contributed by atoms with Gasteiger partial charge in [0, 0.05) is 6.42 Å². The highest BCUT2D eigenvalue weighted by Gasteiger charge is 2.25. The number of carbonyl (C=O) groups is 1. The van der Waals surface area contributed by atoms with Gasteiger partial charge in [-0.15, -0.1) is 0 Å². The molecule has 0 aromatic heterocycles. The van der Waals surface area contributed by atoms with Gasteiger partial charge in [0.05, 0.1) is 12.8 Å². The van der Waals surface area contributed by atoms with Crippen molar-refractivity contribution in [3.05, 3.63) is 29.8 Å². The predicted octanol–water partition coefficient (Wildman–Crippen LogP) is 0.846. The molecule has 0 fully saturated rings. The highest BCUT2D eigenvalue weighted by Crippen LogP contribution is 2.16. The van der Waals surface area contributed by atoms with Crippen LogP contribution in [0, 0.1) is 0 Å². The Labute approximate surface area is 92.7 Å². The van der Waals surface area contributed by atoms with Crippen LogP contribution in [0.2, 0.25) is 0 Å². The average molecular weight is 220 g/mol. The first-order valence-corrected chi connectivity index (χ1v) is 4.90. The average Bonchev–Trinajstić information content (AvgIpc) is 2.78. The van der Waals surface area contributed by atoms with Gasteiger partial charge in [0.1, 0.15) is 11.8 Å². The Kier molecular flexibility index (Phi) is 2.76. The van der Waals surface area contributed by atoms with Crippen LogP contribution in [0.3, 0.4) is 0 Å². The van der Waals surface area contributed by atoms with Crippen molar-refractivity contribution >= 4 is 11.7 Å². The zero-order valence-electron chi connectivity index (χ0n) is 8.80. The van der Waals surface area contributed by atoms with Gasteiger partial charge in [-0.1, -0.05) is 0 Å². The summed E-state index contributed by atoms with van der Waals surface area (Å²) in [5, 5.41) is 12.8. The van der Waals surface area contributed by atoms with E-state index < -0.39 is 12.0 Å². The lowest BCUT2D eigenvalue weighted by Gasteiger charge is -2.03. The van der Waals surface area contributed by atoms with Crippen molar-refractivity contribution < 1.29 is 14.6 Å². The lowest BCUT2D eigenvalue weighted by molar-refractivity contribution is -0.139. The summed E-state index contributed by atoms with van der Waals surface area (Å²) in [4.78, 5) is 10.7. The molecular weight excluding hydrogens is 208 g/mol. The number of methoxy groups -OCH3 is 1. The molecule has 1 aromatic rings. The van der Waals surface area contributed by atoms with Crippen LogP contribution in [0.1, 0.15) is 12.0 Å². The summed E-state index contributed by atoms with van der Waals surface area (Å²) < 4.78 is 5.04. The molecule has 1 atom stereocenters. The van der Waals surface area contributed by atoms with Gasteiger partial charge in [-0.2, -0.15) is 5.10 Å². The van der Waals surface area contributed by atoms with E-state index in [-0.39, 0.29) is 0 Å². The summed E-state index contributed by atoms with van der Waals surface area (Å²) in [6.45, 7) is 0. The molecule has 1 aliphatic heterocycles. The standard InChI is InChI=1S/C11H12N2O3/c1-16-8-4-2-7(3-5-8)9-6-10(11(14)15)13-12-9/h2-5,10,13H,6H2,1H3,(H,14,15)/t10-/m0/s1. The molecule has 16 heavy (non-hydrogen) atoms. The maximum Gasteiger partial charge on any atom is 0.328 e. The number of aliphatic carboxylic acids is 1. The number of benzene rings is 1. The fraction of sp³-hybridized carbons (Fsp3) is 0.273. The first-order chi connectivity index (χ1) is 7.70. The number of carboxylic acid groups (broad SMARTS) is 1. The molecule has 84 valence electrons. The molecule has 5 nitrogen and oxygen atoms in total. The van der Waals surface area contributed by atoms with Crippen LogP contribution in [-0.2, 0) is 4.79 Å². The molecule has 0 aliphatic carbocycles. The minimum atomic E-state index is -0.882. The lowest BCUT2D eigenvalue weighted by atomic mass is 10.0. The Morgan fingerprint density at radius 3 is 2.69 bits per heavy atom. The third-order valence-electron chi connectivity index (χ3n) is 2.47. The molecule has 1 heterocycles. The van der Waals surface area contributed by atoms with E-state index in [1.807, 2.05) is 24.3 Å². The number of nitrogens with zero attached hydrogens (tertiary/aromatic N) is 1. The zero-order chi connectivity index (χ0) is 11.5. The van der Waals surface area contributed by atoms with Crippen LogP contribution >= 0.6 is 0 Å². The largest absolute Gasteiger partial charge is 0.497 e. The minimum absolute atomic E-state index is 0.404. The molecule has 1 aromatic carbocycles. The van der Waals surface area contributed by atoms with Gasteiger partial charge in [0.2, 0.25) is 0 Å². The van der Waals surface area contributed by atoms with Crippen LogP contribution in [0.5, 0.6) is 5.75 Å². The Bertz CT molecular complexity index is 425. The predicted molar refractivity (Wildman–Crippen MR) is 58.7 cm³/mol. The van der Waals surface area contributed by atoms with Crippen molar-refractivity contribution in [3.63, 3.8) is 0 Å². The summed E-state index contributed by atoms with van der Waals surface area (Å²) >= 11 is 0. The first kappa shape index (κ1) is 10.5. The van der Waals surface area contributed by atoms with E-state index in [4.69, 9.17) is 9.84 Å². The maximum absolute atomic E-state index is 10.7. The number of rotatable bonds is 3. The Balaban J connectivity index is 2.11. The van der Waals surface area contributed by atoms with E-state index in [0.717, 1.165) is 17.0 Å². The molecular formula is C11H12N2O3. The van der Waals surface area contributed by atoms with Crippen LogP contribution in [0.25, 0.3) is 0 Å². The maximum atomic E-state index is 10.7. The van der Waals surface area contributed by atoms with Gasteiger partial charge in [-0.3, -0.25) is 5.43 Å². The topological polar surface area (TPSA) is 70.9 Å². The second-order valence-corrected chi connectivity index (χ2v) is 3.51. The van der Waals surface area contributed by atoms with Gasteiger partial charge >= 0.3 is 5.97 Å². The number of hydrogen-bond acceptors (Lipinski definition) is 4. The van der Waals surface area contributed by atoms with Crippen LogP contribution in [0.4, 0.5) is 0 Å². The first-order valence-electron chi connectivity index (χ1n) is 4.90. The second kappa shape index (κ2) is 4.22. The monoisotopic (exact) mass is 220 g/mol. The van der Waals surface area contributed by atoms with Crippen LogP contribution in [0.15, 0.2) is 29.4 Å². The fourth-order valence-electron chi connectivity index (χ4n) is 1.55. The van der Waals surface area contributed by atoms with Crippen molar-refractivity contribution in [2.75, 3.05) is 7.11 Å². The van der Waals surface area contributed by atoms with E-state index in [2.05, 4.69) is 10.5 Å². The SMILES string of the molecule is COc1ccc(C2=NN[C@H](C(=O)O)C2)cc1. The molecule has 2 N–H and O–H groups in total. The molecule has 0 spiro atoms. The van der Waals surface area contributed by atoms with E-state index in [0.29, 0.717) is 6.42 Å². The van der Waals surface area contributed by atoms with Gasteiger partial charge in [0.15, 0.2) is 0 Å². The number of carboxylic acids is 1. The van der Waals surface area contributed by atoms with Crippen molar-refractivity contribution in [3.8, 4) is 5.75 Å². The summed E-state index contributed by atoms with van der Waals surface area (Å²) in [5.41, 5.74) is 4.26.